The Kier molecular flexibility index (Phi) is 7.08. The molecule has 0 aliphatic heterocycles. The Morgan fingerprint density at radius 3 is 2.27 bits per heavy atom. The Bertz CT molecular complexity index is 523. The maximum atomic E-state index is 11.7. The van der Waals surface area contributed by atoms with Gasteiger partial charge in [0.2, 0.25) is 11.8 Å². The van der Waals surface area contributed by atoms with Gasteiger partial charge in [0, 0.05) is 12.2 Å². The van der Waals surface area contributed by atoms with Crippen molar-refractivity contribution in [2.45, 2.75) is 27.2 Å². The zero-order valence-corrected chi connectivity index (χ0v) is 13.1. The third-order valence-corrected chi connectivity index (χ3v) is 2.71. The maximum absolute atomic E-state index is 11.7. The normalized spacial score (nSPS) is 10.2. The van der Waals surface area contributed by atoms with Crippen LogP contribution in [0.1, 0.15) is 37.6 Å². The van der Waals surface area contributed by atoms with Crippen molar-refractivity contribution < 1.29 is 19.1 Å². The van der Waals surface area contributed by atoms with Crippen LogP contribution >= 0.6 is 0 Å². The first-order chi connectivity index (χ1) is 10.4. The van der Waals surface area contributed by atoms with E-state index in [1.807, 2.05) is 13.8 Å². The minimum absolute atomic E-state index is 0.230. The average Bonchev–Trinajstić information content (AvgIpc) is 2.46. The third kappa shape index (κ3) is 6.39. The van der Waals surface area contributed by atoms with E-state index in [1.165, 1.54) is 0 Å². The minimum Gasteiger partial charge on any atom is -0.462 e. The molecule has 1 aromatic rings. The molecule has 0 aliphatic carbocycles. The number of rotatable bonds is 7. The SMILES string of the molecule is CCOC(=O)c1ccc(NC(=O)CC(=O)NCC(C)C)cc1. The van der Waals surface area contributed by atoms with Gasteiger partial charge in [-0.1, -0.05) is 13.8 Å². The molecular weight excluding hydrogens is 284 g/mol. The van der Waals surface area contributed by atoms with Gasteiger partial charge in [-0.3, -0.25) is 9.59 Å². The molecule has 0 radical (unpaired) electrons. The van der Waals surface area contributed by atoms with E-state index in [9.17, 15) is 14.4 Å². The molecule has 0 unspecified atom stereocenters. The second kappa shape index (κ2) is 8.81. The molecular formula is C16H22N2O4. The summed E-state index contributed by atoms with van der Waals surface area (Å²) >= 11 is 0. The van der Waals surface area contributed by atoms with Gasteiger partial charge in [0.1, 0.15) is 6.42 Å². The van der Waals surface area contributed by atoms with Crippen LogP contribution in [0, 0.1) is 5.92 Å². The van der Waals surface area contributed by atoms with E-state index >= 15 is 0 Å². The highest BCUT2D eigenvalue weighted by atomic mass is 16.5. The van der Waals surface area contributed by atoms with Crippen molar-refractivity contribution >= 4 is 23.5 Å². The van der Waals surface area contributed by atoms with Crippen LogP contribution in [0.25, 0.3) is 0 Å². The van der Waals surface area contributed by atoms with Gasteiger partial charge in [0.15, 0.2) is 0 Å². The highest BCUT2D eigenvalue weighted by Gasteiger charge is 2.11. The minimum atomic E-state index is -0.409. The Morgan fingerprint density at radius 2 is 1.73 bits per heavy atom. The number of ether oxygens (including phenoxy) is 1. The summed E-state index contributed by atoms with van der Waals surface area (Å²) in [6, 6.07) is 6.31. The predicted octanol–water partition coefficient (Wildman–Crippen LogP) is 1.96. The molecule has 0 fully saturated rings. The lowest BCUT2D eigenvalue weighted by atomic mass is 10.2. The molecule has 0 aliphatic rings. The summed E-state index contributed by atoms with van der Waals surface area (Å²) in [5, 5.41) is 5.28. The first-order valence-electron chi connectivity index (χ1n) is 7.26. The van der Waals surface area contributed by atoms with E-state index in [4.69, 9.17) is 4.74 Å². The molecule has 0 heterocycles. The van der Waals surface area contributed by atoms with E-state index in [1.54, 1.807) is 31.2 Å². The molecule has 0 atom stereocenters. The highest BCUT2D eigenvalue weighted by molar-refractivity contribution is 6.03. The van der Waals surface area contributed by atoms with Crippen LogP contribution in [0.15, 0.2) is 24.3 Å². The number of esters is 1. The number of hydrogen-bond acceptors (Lipinski definition) is 4. The summed E-state index contributed by atoms with van der Waals surface area (Å²) < 4.78 is 4.87. The van der Waals surface area contributed by atoms with Crippen LogP contribution < -0.4 is 10.6 Å². The quantitative estimate of drug-likeness (QED) is 0.596. The summed E-state index contributed by atoms with van der Waals surface area (Å²) in [5.74, 6) is -0.782. The first kappa shape index (κ1) is 17.7. The molecule has 0 aromatic heterocycles. The lowest BCUT2D eigenvalue weighted by molar-refractivity contribution is -0.126. The summed E-state index contributed by atoms with van der Waals surface area (Å²) in [6.07, 6.45) is -0.230. The molecule has 6 heteroatoms. The van der Waals surface area contributed by atoms with E-state index < -0.39 is 11.9 Å². The van der Waals surface area contributed by atoms with Crippen LogP contribution in [0.5, 0.6) is 0 Å². The summed E-state index contributed by atoms with van der Waals surface area (Å²) in [6.45, 7) is 6.54. The van der Waals surface area contributed by atoms with Crippen LogP contribution in [0.3, 0.4) is 0 Å². The summed E-state index contributed by atoms with van der Waals surface area (Å²) in [7, 11) is 0. The van der Waals surface area contributed by atoms with Gasteiger partial charge in [-0.15, -0.1) is 0 Å². The number of benzene rings is 1. The molecule has 0 saturated carbocycles. The fourth-order valence-electron chi connectivity index (χ4n) is 1.64. The fraction of sp³-hybridized carbons (Fsp3) is 0.438. The summed E-state index contributed by atoms with van der Waals surface area (Å²) in [4.78, 5) is 34.7. The summed E-state index contributed by atoms with van der Waals surface area (Å²) in [5.41, 5.74) is 0.934. The number of anilines is 1. The monoisotopic (exact) mass is 306 g/mol. The number of hydrogen-bond donors (Lipinski definition) is 2. The van der Waals surface area contributed by atoms with Crippen molar-refractivity contribution in [3.63, 3.8) is 0 Å². The largest absolute Gasteiger partial charge is 0.462 e. The lowest BCUT2D eigenvalue weighted by Crippen LogP contribution is -2.30. The van der Waals surface area contributed by atoms with Crippen LogP contribution in [0.4, 0.5) is 5.69 Å². The van der Waals surface area contributed by atoms with Gasteiger partial charge in [0.25, 0.3) is 0 Å². The van der Waals surface area contributed by atoms with Crippen molar-refractivity contribution in [3.05, 3.63) is 29.8 Å². The van der Waals surface area contributed by atoms with Crippen molar-refractivity contribution in [1.29, 1.82) is 0 Å². The molecule has 6 nitrogen and oxygen atoms in total. The van der Waals surface area contributed by atoms with Gasteiger partial charge in [-0.2, -0.15) is 0 Å². The molecule has 2 amide bonds. The number of amides is 2. The van der Waals surface area contributed by atoms with Gasteiger partial charge in [-0.25, -0.2) is 4.79 Å². The standard InChI is InChI=1S/C16H22N2O4/c1-4-22-16(21)12-5-7-13(8-6-12)18-15(20)9-14(19)17-10-11(2)3/h5-8,11H,4,9-10H2,1-3H3,(H,17,19)(H,18,20). The molecule has 1 rings (SSSR count). The topological polar surface area (TPSA) is 84.5 Å². The molecule has 0 bridgehead atoms. The fourth-order valence-corrected chi connectivity index (χ4v) is 1.64. The Labute approximate surface area is 130 Å². The second-order valence-electron chi connectivity index (χ2n) is 5.22. The van der Waals surface area contributed by atoms with Crippen molar-refractivity contribution in [1.82, 2.24) is 5.32 Å². The maximum Gasteiger partial charge on any atom is 0.338 e. The van der Waals surface area contributed by atoms with Crippen molar-refractivity contribution in [3.8, 4) is 0 Å². The van der Waals surface area contributed by atoms with E-state index in [-0.39, 0.29) is 12.3 Å². The molecule has 0 spiro atoms. The Morgan fingerprint density at radius 1 is 1.09 bits per heavy atom. The second-order valence-corrected chi connectivity index (χ2v) is 5.22. The molecule has 0 saturated heterocycles. The zero-order valence-electron chi connectivity index (χ0n) is 13.1. The third-order valence-electron chi connectivity index (χ3n) is 2.71. The lowest BCUT2D eigenvalue weighted by Gasteiger charge is -2.08. The zero-order chi connectivity index (χ0) is 16.5. The van der Waals surface area contributed by atoms with E-state index in [2.05, 4.69) is 10.6 Å². The number of nitrogens with one attached hydrogen (secondary N) is 2. The smallest absolute Gasteiger partial charge is 0.338 e. The average molecular weight is 306 g/mol. The van der Waals surface area contributed by atoms with Crippen LogP contribution in [-0.4, -0.2) is 30.9 Å². The highest BCUT2D eigenvalue weighted by Crippen LogP contribution is 2.11. The molecule has 1 aromatic carbocycles. The Balaban J connectivity index is 2.48. The van der Waals surface area contributed by atoms with E-state index in [0.29, 0.717) is 30.3 Å². The van der Waals surface area contributed by atoms with E-state index in [0.717, 1.165) is 0 Å². The van der Waals surface area contributed by atoms with Gasteiger partial charge in [0.05, 0.1) is 12.2 Å². The molecule has 2 N–H and O–H groups in total. The molecule has 22 heavy (non-hydrogen) atoms. The number of carbonyl (C=O) groups excluding carboxylic acids is 3. The van der Waals surface area contributed by atoms with Gasteiger partial charge >= 0.3 is 5.97 Å². The van der Waals surface area contributed by atoms with Crippen LogP contribution in [-0.2, 0) is 14.3 Å². The molecule has 120 valence electrons. The predicted molar refractivity (Wildman–Crippen MR) is 83.5 cm³/mol. The van der Waals surface area contributed by atoms with Crippen LogP contribution in [0.2, 0.25) is 0 Å². The van der Waals surface area contributed by atoms with Crippen molar-refractivity contribution in [2.24, 2.45) is 5.92 Å². The first-order valence-corrected chi connectivity index (χ1v) is 7.26. The van der Waals surface area contributed by atoms with Crippen molar-refractivity contribution in [2.75, 3.05) is 18.5 Å². The Hall–Kier alpha value is -2.37. The van der Waals surface area contributed by atoms with Gasteiger partial charge < -0.3 is 15.4 Å². The van der Waals surface area contributed by atoms with Gasteiger partial charge in [-0.05, 0) is 37.1 Å². The number of carbonyl (C=O) groups is 3.